The third-order valence-electron chi connectivity index (χ3n) is 5.27. The summed E-state index contributed by atoms with van der Waals surface area (Å²) in [5.74, 6) is 2.27. The lowest BCUT2D eigenvalue weighted by Gasteiger charge is -2.14. The van der Waals surface area contributed by atoms with Crippen molar-refractivity contribution in [3.8, 4) is 11.5 Å². The summed E-state index contributed by atoms with van der Waals surface area (Å²) in [5, 5.41) is 5.93. The van der Waals surface area contributed by atoms with Gasteiger partial charge in [0.2, 0.25) is 11.8 Å². The quantitative estimate of drug-likeness (QED) is 0.251. The van der Waals surface area contributed by atoms with Gasteiger partial charge in [-0.25, -0.2) is 0 Å². The Morgan fingerprint density at radius 2 is 1.00 bits per heavy atom. The van der Waals surface area contributed by atoms with E-state index in [9.17, 15) is 9.59 Å². The lowest BCUT2D eigenvalue weighted by molar-refractivity contribution is -0.117. The van der Waals surface area contributed by atoms with Crippen LogP contribution in [0.1, 0.15) is 72.6 Å². The summed E-state index contributed by atoms with van der Waals surface area (Å²) in [6.07, 6.45) is 5.54. The molecule has 0 spiro atoms. The molecule has 2 rings (SSSR count). The van der Waals surface area contributed by atoms with Crippen LogP contribution < -0.4 is 20.1 Å². The molecule has 0 aliphatic rings. The minimum absolute atomic E-state index is 0.00308. The maximum absolute atomic E-state index is 12.3. The normalized spacial score (nSPS) is 10.9. The van der Waals surface area contributed by atoms with Crippen LogP contribution >= 0.6 is 0 Å². The summed E-state index contributed by atoms with van der Waals surface area (Å²) in [4.78, 5) is 24.7. The number of benzene rings is 2. The van der Waals surface area contributed by atoms with Crippen LogP contribution in [0.15, 0.2) is 48.5 Å². The van der Waals surface area contributed by atoms with Crippen LogP contribution in [0.3, 0.4) is 0 Å². The van der Waals surface area contributed by atoms with Gasteiger partial charge < -0.3 is 20.1 Å². The molecule has 0 radical (unpaired) electrons. The zero-order chi connectivity index (χ0) is 25.5. The van der Waals surface area contributed by atoms with Gasteiger partial charge in [0.15, 0.2) is 0 Å². The number of nitrogens with one attached hydrogen (secondary N) is 2. The highest BCUT2D eigenvalue weighted by Gasteiger charge is 2.10. The van der Waals surface area contributed by atoms with E-state index in [1.54, 1.807) is 0 Å². The molecule has 6 nitrogen and oxygen atoms in total. The molecular weight excluding hydrogens is 440 g/mol. The van der Waals surface area contributed by atoms with E-state index in [0.717, 1.165) is 43.5 Å². The van der Waals surface area contributed by atoms with E-state index in [1.807, 2.05) is 48.5 Å². The van der Waals surface area contributed by atoms with Crippen molar-refractivity contribution in [2.24, 2.45) is 11.8 Å². The first kappa shape index (κ1) is 28.2. The molecule has 0 aliphatic carbocycles. The minimum Gasteiger partial charge on any atom is -0.491 e. The first-order valence-electron chi connectivity index (χ1n) is 12.9. The van der Waals surface area contributed by atoms with Crippen LogP contribution in [0, 0.1) is 11.8 Å². The molecule has 0 aromatic heterocycles. The number of hydrogen-bond donors (Lipinski definition) is 2. The molecule has 0 saturated heterocycles. The molecule has 35 heavy (non-hydrogen) atoms. The molecule has 6 heteroatoms. The van der Waals surface area contributed by atoms with Crippen LogP contribution in [0.2, 0.25) is 0 Å². The summed E-state index contributed by atoms with van der Waals surface area (Å²) in [7, 11) is 0. The fourth-order valence-electron chi connectivity index (χ4n) is 3.43. The molecule has 0 fully saturated rings. The van der Waals surface area contributed by atoms with E-state index in [0.29, 0.717) is 49.4 Å². The SMILES string of the molecule is CC(C)COc1ccccc1NC(=O)CCCCCCCC(=O)Nc1ccccc1OCC(C)C. The van der Waals surface area contributed by atoms with Crippen molar-refractivity contribution < 1.29 is 19.1 Å². The zero-order valence-electron chi connectivity index (χ0n) is 21.8. The molecule has 2 amide bonds. The second kappa shape index (κ2) is 15.8. The zero-order valence-corrected chi connectivity index (χ0v) is 21.8. The van der Waals surface area contributed by atoms with E-state index in [-0.39, 0.29) is 11.8 Å². The van der Waals surface area contributed by atoms with Crippen molar-refractivity contribution in [1.29, 1.82) is 0 Å². The molecule has 0 aliphatic heterocycles. The van der Waals surface area contributed by atoms with Gasteiger partial charge in [-0.3, -0.25) is 9.59 Å². The molecule has 0 saturated carbocycles. The van der Waals surface area contributed by atoms with Crippen LogP contribution in [-0.2, 0) is 9.59 Å². The van der Waals surface area contributed by atoms with Crippen molar-refractivity contribution in [3.63, 3.8) is 0 Å². The fraction of sp³-hybridized carbons (Fsp3) is 0.517. The Bertz CT molecular complexity index is 838. The van der Waals surface area contributed by atoms with Gasteiger partial charge in [0.25, 0.3) is 0 Å². The third kappa shape index (κ3) is 11.8. The van der Waals surface area contributed by atoms with E-state index in [1.165, 1.54) is 0 Å². The predicted octanol–water partition coefficient (Wildman–Crippen LogP) is 7.06. The Morgan fingerprint density at radius 3 is 1.40 bits per heavy atom. The Kier molecular flexibility index (Phi) is 12.7. The second-order valence-electron chi connectivity index (χ2n) is 9.77. The summed E-state index contributed by atoms with van der Waals surface area (Å²) in [6.45, 7) is 9.60. The molecule has 0 bridgehead atoms. The fourth-order valence-corrected chi connectivity index (χ4v) is 3.43. The number of para-hydroxylation sites is 4. The maximum Gasteiger partial charge on any atom is 0.224 e. The minimum atomic E-state index is 0.00308. The molecule has 0 atom stereocenters. The highest BCUT2D eigenvalue weighted by molar-refractivity contribution is 5.92. The van der Waals surface area contributed by atoms with Gasteiger partial charge in [-0.1, -0.05) is 71.2 Å². The van der Waals surface area contributed by atoms with Crippen molar-refractivity contribution in [2.45, 2.75) is 72.6 Å². The average molecular weight is 483 g/mol. The number of unbranched alkanes of at least 4 members (excludes halogenated alkanes) is 4. The number of amides is 2. The van der Waals surface area contributed by atoms with Crippen LogP contribution in [0.4, 0.5) is 11.4 Å². The van der Waals surface area contributed by atoms with Gasteiger partial charge in [-0.05, 0) is 48.9 Å². The van der Waals surface area contributed by atoms with Gasteiger partial charge in [-0.2, -0.15) is 0 Å². The van der Waals surface area contributed by atoms with Crippen molar-refractivity contribution in [1.82, 2.24) is 0 Å². The topological polar surface area (TPSA) is 76.7 Å². The molecule has 192 valence electrons. The van der Waals surface area contributed by atoms with Gasteiger partial charge >= 0.3 is 0 Å². The molecule has 2 aromatic rings. The smallest absolute Gasteiger partial charge is 0.224 e. The molecule has 2 aromatic carbocycles. The van der Waals surface area contributed by atoms with Gasteiger partial charge in [0.1, 0.15) is 11.5 Å². The number of carbonyl (C=O) groups is 2. The van der Waals surface area contributed by atoms with E-state index in [4.69, 9.17) is 9.47 Å². The van der Waals surface area contributed by atoms with Crippen LogP contribution in [0.25, 0.3) is 0 Å². The average Bonchev–Trinajstić information content (AvgIpc) is 2.82. The number of carbonyl (C=O) groups excluding carboxylic acids is 2. The Balaban J connectivity index is 1.60. The molecule has 0 heterocycles. The molecule has 2 N–H and O–H groups in total. The standard InChI is InChI=1S/C29H42N2O4/c1-22(2)20-34-26-16-12-10-14-24(26)30-28(32)18-8-6-5-7-9-19-29(33)31-25-15-11-13-17-27(25)35-21-23(3)4/h10-17,22-23H,5-9,18-21H2,1-4H3,(H,30,32)(H,31,33). The highest BCUT2D eigenvalue weighted by Crippen LogP contribution is 2.26. The third-order valence-corrected chi connectivity index (χ3v) is 5.27. The number of hydrogen-bond acceptors (Lipinski definition) is 4. The Morgan fingerprint density at radius 1 is 0.629 bits per heavy atom. The number of anilines is 2. The number of rotatable bonds is 16. The maximum atomic E-state index is 12.3. The monoisotopic (exact) mass is 482 g/mol. The first-order valence-corrected chi connectivity index (χ1v) is 12.9. The summed E-state index contributed by atoms with van der Waals surface area (Å²) in [5.41, 5.74) is 1.45. The summed E-state index contributed by atoms with van der Waals surface area (Å²) < 4.78 is 11.6. The molecular formula is C29H42N2O4. The van der Waals surface area contributed by atoms with E-state index in [2.05, 4.69) is 38.3 Å². The van der Waals surface area contributed by atoms with Gasteiger partial charge in [-0.15, -0.1) is 0 Å². The van der Waals surface area contributed by atoms with Crippen LogP contribution in [0.5, 0.6) is 11.5 Å². The highest BCUT2D eigenvalue weighted by atomic mass is 16.5. The summed E-state index contributed by atoms with van der Waals surface area (Å²) >= 11 is 0. The second-order valence-corrected chi connectivity index (χ2v) is 9.77. The van der Waals surface area contributed by atoms with Crippen molar-refractivity contribution in [3.05, 3.63) is 48.5 Å². The lowest BCUT2D eigenvalue weighted by Crippen LogP contribution is -2.13. The van der Waals surface area contributed by atoms with Crippen molar-refractivity contribution >= 4 is 23.2 Å². The first-order chi connectivity index (χ1) is 16.8. The van der Waals surface area contributed by atoms with Crippen molar-refractivity contribution in [2.75, 3.05) is 23.8 Å². The van der Waals surface area contributed by atoms with E-state index < -0.39 is 0 Å². The van der Waals surface area contributed by atoms with Gasteiger partial charge in [0, 0.05) is 12.8 Å². The molecule has 0 unspecified atom stereocenters. The lowest BCUT2D eigenvalue weighted by atomic mass is 10.1. The largest absolute Gasteiger partial charge is 0.491 e. The van der Waals surface area contributed by atoms with Crippen LogP contribution in [-0.4, -0.2) is 25.0 Å². The number of ether oxygens (including phenoxy) is 2. The van der Waals surface area contributed by atoms with Gasteiger partial charge in [0.05, 0.1) is 24.6 Å². The summed E-state index contributed by atoms with van der Waals surface area (Å²) in [6, 6.07) is 15.1. The predicted molar refractivity (Wildman–Crippen MR) is 143 cm³/mol. The van der Waals surface area contributed by atoms with E-state index >= 15 is 0 Å². The Labute approximate surface area is 210 Å². The Hall–Kier alpha value is -3.02.